The molecule has 0 heterocycles. The summed E-state index contributed by atoms with van der Waals surface area (Å²) >= 11 is 0. The minimum Gasteiger partial charge on any atom is -0.386 e. The molecule has 2 heteroatoms. The van der Waals surface area contributed by atoms with Crippen molar-refractivity contribution in [1.82, 2.24) is 5.32 Å². The van der Waals surface area contributed by atoms with Crippen LogP contribution in [0.25, 0.3) is 0 Å². The summed E-state index contributed by atoms with van der Waals surface area (Å²) < 4.78 is 0. The predicted octanol–water partition coefficient (Wildman–Crippen LogP) is 2.10. The van der Waals surface area contributed by atoms with E-state index in [4.69, 9.17) is 5.41 Å². The summed E-state index contributed by atoms with van der Waals surface area (Å²) in [4.78, 5) is 0. The molecule has 0 aliphatic rings. The minimum atomic E-state index is 0.625. The van der Waals surface area contributed by atoms with E-state index in [0.29, 0.717) is 6.54 Å². The highest BCUT2D eigenvalue weighted by atomic mass is 14.8. The Labute approximate surface area is 68.5 Å². The molecule has 0 rings (SSSR count). The van der Waals surface area contributed by atoms with Crippen LogP contribution in [0.2, 0.25) is 0 Å². The summed E-state index contributed by atoms with van der Waals surface area (Å²) in [6.07, 6.45) is 11.7. The van der Waals surface area contributed by atoms with Gasteiger partial charge in [-0.15, -0.1) is 0 Å². The van der Waals surface area contributed by atoms with Crippen molar-refractivity contribution in [2.75, 3.05) is 6.54 Å². The van der Waals surface area contributed by atoms with Gasteiger partial charge in [0.1, 0.15) is 0 Å². The van der Waals surface area contributed by atoms with E-state index in [1.807, 2.05) is 13.1 Å². The smallest absolute Gasteiger partial charge is 0.0491 e. The van der Waals surface area contributed by atoms with Gasteiger partial charge in [0.25, 0.3) is 0 Å². The molecular formula is C9H16N2. The van der Waals surface area contributed by atoms with Gasteiger partial charge in [0, 0.05) is 12.8 Å². The highest BCUT2D eigenvalue weighted by Gasteiger charge is 1.74. The second-order valence-electron chi connectivity index (χ2n) is 2.16. The standard InChI is InChI=1S/C9H16N2/c1-2-3-4-5-6-8-11-9-7-10/h2-3,6-8,10-11H,4-5,9H2,1H3/b3-2-,8-6+,10-7?. The number of nitrogens with one attached hydrogen (secondary N) is 2. The van der Waals surface area contributed by atoms with Crippen molar-refractivity contribution < 1.29 is 0 Å². The normalized spacial score (nSPS) is 11.0. The number of hydrogen-bond acceptors (Lipinski definition) is 2. The molecule has 0 radical (unpaired) electrons. The molecule has 0 aromatic carbocycles. The second kappa shape index (κ2) is 8.95. The quantitative estimate of drug-likeness (QED) is 0.341. The van der Waals surface area contributed by atoms with Gasteiger partial charge < -0.3 is 10.7 Å². The zero-order valence-electron chi connectivity index (χ0n) is 7.01. The molecule has 0 spiro atoms. The highest BCUT2D eigenvalue weighted by molar-refractivity contribution is 5.55. The zero-order valence-corrected chi connectivity index (χ0v) is 7.01. The summed E-state index contributed by atoms with van der Waals surface area (Å²) in [7, 11) is 0. The Kier molecular flexibility index (Phi) is 8.10. The third kappa shape index (κ3) is 8.95. The van der Waals surface area contributed by atoms with Crippen LogP contribution in [0.1, 0.15) is 19.8 Å². The molecule has 2 nitrogen and oxygen atoms in total. The van der Waals surface area contributed by atoms with Gasteiger partial charge in [-0.3, -0.25) is 0 Å². The summed E-state index contributed by atoms with van der Waals surface area (Å²) in [5, 5.41) is 9.68. The molecule has 0 atom stereocenters. The molecule has 0 bridgehead atoms. The lowest BCUT2D eigenvalue weighted by molar-refractivity contribution is 0.982. The third-order valence-electron chi connectivity index (χ3n) is 1.19. The number of rotatable bonds is 6. The van der Waals surface area contributed by atoms with Crippen LogP contribution in [0.4, 0.5) is 0 Å². The first-order chi connectivity index (χ1) is 5.41. The monoisotopic (exact) mass is 152 g/mol. The maximum atomic E-state index is 6.72. The van der Waals surface area contributed by atoms with E-state index in [1.54, 1.807) is 0 Å². The maximum absolute atomic E-state index is 6.72. The summed E-state index contributed by atoms with van der Waals surface area (Å²) in [5.41, 5.74) is 0. The molecule has 0 aliphatic carbocycles. The second-order valence-corrected chi connectivity index (χ2v) is 2.16. The van der Waals surface area contributed by atoms with E-state index < -0.39 is 0 Å². The van der Waals surface area contributed by atoms with E-state index in [9.17, 15) is 0 Å². The van der Waals surface area contributed by atoms with Crippen molar-refractivity contribution in [1.29, 1.82) is 5.41 Å². The van der Waals surface area contributed by atoms with Crippen LogP contribution in [-0.2, 0) is 0 Å². The Morgan fingerprint density at radius 2 is 2.00 bits per heavy atom. The lowest BCUT2D eigenvalue weighted by atomic mass is 10.3. The topological polar surface area (TPSA) is 35.9 Å². The third-order valence-corrected chi connectivity index (χ3v) is 1.19. The molecule has 11 heavy (non-hydrogen) atoms. The van der Waals surface area contributed by atoms with Crippen LogP contribution >= 0.6 is 0 Å². The molecule has 62 valence electrons. The van der Waals surface area contributed by atoms with Crippen molar-refractivity contribution in [2.45, 2.75) is 19.8 Å². The predicted molar refractivity (Wildman–Crippen MR) is 50.0 cm³/mol. The van der Waals surface area contributed by atoms with Crippen LogP contribution in [0.3, 0.4) is 0 Å². The fraction of sp³-hybridized carbons (Fsp3) is 0.444. The fourth-order valence-electron chi connectivity index (χ4n) is 0.653. The Balaban J connectivity index is 3.09. The van der Waals surface area contributed by atoms with E-state index in [2.05, 4.69) is 23.5 Å². The van der Waals surface area contributed by atoms with Crippen LogP contribution in [0.5, 0.6) is 0 Å². The maximum Gasteiger partial charge on any atom is 0.0491 e. The van der Waals surface area contributed by atoms with E-state index in [-0.39, 0.29) is 0 Å². The van der Waals surface area contributed by atoms with Crippen molar-refractivity contribution in [3.63, 3.8) is 0 Å². The number of unbranched alkanes of at least 4 members (excludes halogenated alkanes) is 1. The molecular weight excluding hydrogens is 136 g/mol. The van der Waals surface area contributed by atoms with E-state index in [1.165, 1.54) is 6.21 Å². The first kappa shape index (κ1) is 9.95. The Morgan fingerprint density at radius 3 is 2.64 bits per heavy atom. The highest BCUT2D eigenvalue weighted by Crippen LogP contribution is 1.90. The number of allylic oxidation sites excluding steroid dienone is 3. The molecule has 0 unspecified atom stereocenters. The summed E-state index contributed by atoms with van der Waals surface area (Å²) in [6.45, 7) is 2.65. The summed E-state index contributed by atoms with van der Waals surface area (Å²) in [6, 6.07) is 0. The van der Waals surface area contributed by atoms with Crippen LogP contribution in [0.15, 0.2) is 24.4 Å². The van der Waals surface area contributed by atoms with Crippen molar-refractivity contribution in [3.8, 4) is 0 Å². The average molecular weight is 152 g/mol. The van der Waals surface area contributed by atoms with Gasteiger partial charge in [0.2, 0.25) is 0 Å². The molecule has 2 N–H and O–H groups in total. The molecule has 0 saturated heterocycles. The first-order valence-electron chi connectivity index (χ1n) is 3.90. The Hall–Kier alpha value is -1.05. The molecule has 0 aliphatic heterocycles. The zero-order chi connectivity index (χ0) is 8.36. The van der Waals surface area contributed by atoms with Gasteiger partial charge in [0.05, 0.1) is 0 Å². The lowest BCUT2D eigenvalue weighted by Gasteiger charge is -1.90. The van der Waals surface area contributed by atoms with Crippen molar-refractivity contribution >= 4 is 6.21 Å². The fourth-order valence-corrected chi connectivity index (χ4v) is 0.653. The Bertz CT molecular complexity index is 136. The average Bonchev–Trinajstić information content (AvgIpc) is 2.03. The van der Waals surface area contributed by atoms with Crippen molar-refractivity contribution in [3.05, 3.63) is 24.4 Å². The largest absolute Gasteiger partial charge is 0.386 e. The van der Waals surface area contributed by atoms with Gasteiger partial charge in [-0.05, 0) is 26.0 Å². The van der Waals surface area contributed by atoms with Crippen LogP contribution in [0, 0.1) is 5.41 Å². The minimum absolute atomic E-state index is 0.625. The van der Waals surface area contributed by atoms with Gasteiger partial charge in [-0.25, -0.2) is 0 Å². The first-order valence-corrected chi connectivity index (χ1v) is 3.90. The SMILES string of the molecule is C/C=C\CC/C=C/NCC=N. The van der Waals surface area contributed by atoms with Crippen LogP contribution < -0.4 is 5.32 Å². The molecule has 0 saturated carbocycles. The molecule has 0 aromatic heterocycles. The molecule has 0 fully saturated rings. The lowest BCUT2D eigenvalue weighted by Crippen LogP contribution is -2.06. The van der Waals surface area contributed by atoms with Gasteiger partial charge in [0.15, 0.2) is 0 Å². The van der Waals surface area contributed by atoms with Crippen LogP contribution in [-0.4, -0.2) is 12.8 Å². The van der Waals surface area contributed by atoms with E-state index in [0.717, 1.165) is 12.8 Å². The van der Waals surface area contributed by atoms with Gasteiger partial charge in [-0.2, -0.15) is 0 Å². The molecule has 0 aromatic rings. The summed E-state index contributed by atoms with van der Waals surface area (Å²) in [5.74, 6) is 0. The number of hydrogen-bond donors (Lipinski definition) is 2. The Morgan fingerprint density at radius 1 is 1.27 bits per heavy atom. The molecule has 0 amide bonds. The van der Waals surface area contributed by atoms with E-state index >= 15 is 0 Å². The van der Waals surface area contributed by atoms with Crippen molar-refractivity contribution in [2.24, 2.45) is 0 Å². The van der Waals surface area contributed by atoms with Gasteiger partial charge >= 0.3 is 0 Å². The van der Waals surface area contributed by atoms with Gasteiger partial charge in [-0.1, -0.05) is 18.2 Å².